The van der Waals surface area contributed by atoms with Gasteiger partial charge in [0, 0.05) is 32.4 Å². The second-order valence-electron chi connectivity index (χ2n) is 5.15. The molecule has 118 valence electrons. The van der Waals surface area contributed by atoms with Gasteiger partial charge in [-0.3, -0.25) is 0 Å². The molecule has 0 N–H and O–H groups in total. The van der Waals surface area contributed by atoms with Crippen LogP contribution in [0.3, 0.4) is 0 Å². The summed E-state index contributed by atoms with van der Waals surface area (Å²) in [7, 11) is -3.49. The van der Waals surface area contributed by atoms with Crippen LogP contribution in [0.2, 0.25) is 0 Å². The molecule has 7 nitrogen and oxygen atoms in total. The summed E-state index contributed by atoms with van der Waals surface area (Å²) in [6.45, 7) is 5.61. The highest BCUT2D eigenvalue weighted by atomic mass is 32.2. The largest absolute Gasteiger partial charge is 0.301 e. The SMILES string of the molecule is CCN1CCN(S(=O)(=O)c2cnn(-c3ccccn3)c2)CC1. The van der Waals surface area contributed by atoms with E-state index in [0.717, 1.165) is 19.6 Å². The minimum Gasteiger partial charge on any atom is -0.301 e. The first kappa shape index (κ1) is 15.1. The second kappa shape index (κ2) is 6.15. The van der Waals surface area contributed by atoms with Gasteiger partial charge in [0.15, 0.2) is 5.82 Å². The molecule has 1 fully saturated rings. The Morgan fingerprint density at radius 1 is 1.18 bits per heavy atom. The van der Waals surface area contributed by atoms with Crippen LogP contribution in [0.15, 0.2) is 41.7 Å². The average Bonchev–Trinajstić information content (AvgIpc) is 3.06. The van der Waals surface area contributed by atoms with Crippen LogP contribution in [0, 0.1) is 0 Å². The van der Waals surface area contributed by atoms with Crippen LogP contribution in [0.1, 0.15) is 6.92 Å². The van der Waals surface area contributed by atoms with E-state index < -0.39 is 10.0 Å². The zero-order chi connectivity index (χ0) is 15.6. The standard InChI is InChI=1S/C14H19N5O2S/c1-2-17-7-9-18(10-8-17)22(20,21)13-11-16-19(12-13)14-5-3-4-6-15-14/h3-6,11-12H,2,7-10H2,1H3. The van der Waals surface area contributed by atoms with Crippen LogP contribution in [-0.2, 0) is 10.0 Å². The van der Waals surface area contributed by atoms with E-state index in [1.807, 2.05) is 6.07 Å². The summed E-state index contributed by atoms with van der Waals surface area (Å²) in [4.78, 5) is 6.61. The fourth-order valence-electron chi connectivity index (χ4n) is 2.49. The monoisotopic (exact) mass is 321 g/mol. The van der Waals surface area contributed by atoms with Crippen LogP contribution >= 0.6 is 0 Å². The smallest absolute Gasteiger partial charge is 0.246 e. The lowest BCUT2D eigenvalue weighted by Gasteiger charge is -2.32. The first-order valence-corrected chi connectivity index (χ1v) is 8.74. The van der Waals surface area contributed by atoms with Crippen LogP contribution in [0.5, 0.6) is 0 Å². The average molecular weight is 321 g/mol. The van der Waals surface area contributed by atoms with Crippen molar-refractivity contribution in [2.75, 3.05) is 32.7 Å². The molecule has 0 unspecified atom stereocenters. The lowest BCUT2D eigenvalue weighted by atomic mass is 10.4. The molecule has 2 aromatic heterocycles. The maximum Gasteiger partial charge on any atom is 0.246 e. The van der Waals surface area contributed by atoms with Gasteiger partial charge in [-0.05, 0) is 18.7 Å². The number of rotatable bonds is 4. The molecule has 1 aliphatic rings. The Hall–Kier alpha value is -1.77. The molecule has 0 spiro atoms. The minimum absolute atomic E-state index is 0.211. The quantitative estimate of drug-likeness (QED) is 0.824. The number of piperazine rings is 1. The summed E-state index contributed by atoms with van der Waals surface area (Å²) in [6.07, 6.45) is 4.55. The van der Waals surface area contributed by atoms with E-state index in [1.165, 1.54) is 21.4 Å². The molecule has 2 aromatic rings. The van der Waals surface area contributed by atoms with Gasteiger partial charge in [0.2, 0.25) is 10.0 Å². The van der Waals surface area contributed by atoms with Gasteiger partial charge < -0.3 is 4.90 Å². The third-order valence-electron chi connectivity index (χ3n) is 3.86. The summed E-state index contributed by atoms with van der Waals surface area (Å²) in [5, 5.41) is 4.12. The van der Waals surface area contributed by atoms with Gasteiger partial charge in [0.25, 0.3) is 0 Å². The zero-order valence-corrected chi connectivity index (χ0v) is 13.3. The third kappa shape index (κ3) is 2.90. The van der Waals surface area contributed by atoms with Gasteiger partial charge in [-0.1, -0.05) is 13.0 Å². The number of hydrogen-bond donors (Lipinski definition) is 0. The maximum absolute atomic E-state index is 12.7. The molecule has 0 aromatic carbocycles. The van der Waals surface area contributed by atoms with Gasteiger partial charge in [0.1, 0.15) is 4.90 Å². The molecule has 0 atom stereocenters. The van der Waals surface area contributed by atoms with Crippen molar-refractivity contribution >= 4 is 10.0 Å². The molecule has 0 radical (unpaired) electrons. The second-order valence-corrected chi connectivity index (χ2v) is 7.08. The molecule has 0 saturated carbocycles. The molecule has 1 saturated heterocycles. The molecule has 0 amide bonds. The number of nitrogens with zero attached hydrogens (tertiary/aromatic N) is 5. The van der Waals surface area contributed by atoms with Crippen molar-refractivity contribution in [3.63, 3.8) is 0 Å². The van der Waals surface area contributed by atoms with Crippen LogP contribution in [-0.4, -0.2) is 65.1 Å². The van der Waals surface area contributed by atoms with E-state index in [1.54, 1.807) is 18.3 Å². The lowest BCUT2D eigenvalue weighted by molar-refractivity contribution is 0.196. The molecule has 0 aliphatic carbocycles. The van der Waals surface area contributed by atoms with Crippen LogP contribution < -0.4 is 0 Å². The predicted octanol–water partition coefficient (Wildman–Crippen LogP) is 0.593. The fraction of sp³-hybridized carbons (Fsp3) is 0.429. The Labute approximate surface area is 130 Å². The highest BCUT2D eigenvalue weighted by molar-refractivity contribution is 7.89. The predicted molar refractivity (Wildman–Crippen MR) is 82.2 cm³/mol. The number of hydrogen-bond acceptors (Lipinski definition) is 5. The third-order valence-corrected chi connectivity index (χ3v) is 5.71. The van der Waals surface area contributed by atoms with Crippen molar-refractivity contribution in [2.45, 2.75) is 11.8 Å². The van der Waals surface area contributed by atoms with E-state index >= 15 is 0 Å². The summed E-state index contributed by atoms with van der Waals surface area (Å²) >= 11 is 0. The van der Waals surface area contributed by atoms with E-state index in [9.17, 15) is 8.42 Å². The first-order chi connectivity index (χ1) is 10.6. The number of aromatic nitrogens is 3. The lowest BCUT2D eigenvalue weighted by Crippen LogP contribution is -2.48. The molecular weight excluding hydrogens is 302 g/mol. The summed E-state index contributed by atoms with van der Waals surface area (Å²) in [5.74, 6) is 0.597. The highest BCUT2D eigenvalue weighted by Crippen LogP contribution is 2.18. The van der Waals surface area contributed by atoms with E-state index in [4.69, 9.17) is 0 Å². The van der Waals surface area contributed by atoms with Gasteiger partial charge in [-0.2, -0.15) is 9.40 Å². The van der Waals surface area contributed by atoms with Gasteiger partial charge in [0.05, 0.1) is 12.4 Å². The Bertz CT molecular complexity index is 721. The molecule has 22 heavy (non-hydrogen) atoms. The molecule has 1 aliphatic heterocycles. The first-order valence-electron chi connectivity index (χ1n) is 7.30. The van der Waals surface area contributed by atoms with Crippen LogP contribution in [0.4, 0.5) is 0 Å². The Balaban J connectivity index is 1.80. The maximum atomic E-state index is 12.7. The fourth-order valence-corrected chi connectivity index (χ4v) is 3.84. The van der Waals surface area contributed by atoms with Crippen LogP contribution in [0.25, 0.3) is 5.82 Å². The van der Waals surface area contributed by atoms with Crippen molar-refractivity contribution in [1.82, 2.24) is 24.0 Å². The Kier molecular flexibility index (Phi) is 4.23. The van der Waals surface area contributed by atoms with Gasteiger partial charge in [-0.15, -0.1) is 0 Å². The van der Waals surface area contributed by atoms with Crippen molar-refractivity contribution in [1.29, 1.82) is 0 Å². The number of sulfonamides is 1. The van der Waals surface area contributed by atoms with E-state index in [2.05, 4.69) is 21.9 Å². The number of likely N-dealkylation sites (N-methyl/N-ethyl adjacent to an activating group) is 1. The zero-order valence-electron chi connectivity index (χ0n) is 12.5. The Morgan fingerprint density at radius 2 is 1.95 bits per heavy atom. The normalized spacial score (nSPS) is 17.7. The van der Waals surface area contributed by atoms with E-state index in [-0.39, 0.29) is 4.90 Å². The topological polar surface area (TPSA) is 71.3 Å². The molecule has 8 heteroatoms. The van der Waals surface area contributed by atoms with Gasteiger partial charge >= 0.3 is 0 Å². The molecule has 0 bridgehead atoms. The van der Waals surface area contributed by atoms with Gasteiger partial charge in [-0.25, -0.2) is 18.1 Å². The molecule has 3 heterocycles. The molecular formula is C14H19N5O2S. The Morgan fingerprint density at radius 3 is 2.59 bits per heavy atom. The van der Waals surface area contributed by atoms with Crippen molar-refractivity contribution in [3.8, 4) is 5.82 Å². The van der Waals surface area contributed by atoms with E-state index in [0.29, 0.717) is 18.9 Å². The summed E-state index contributed by atoms with van der Waals surface area (Å²) in [5.41, 5.74) is 0. The number of pyridine rings is 1. The minimum atomic E-state index is -3.49. The summed E-state index contributed by atoms with van der Waals surface area (Å²) < 4.78 is 28.3. The van der Waals surface area contributed by atoms with Crippen molar-refractivity contribution < 1.29 is 8.42 Å². The van der Waals surface area contributed by atoms with Crippen molar-refractivity contribution in [2.24, 2.45) is 0 Å². The summed E-state index contributed by atoms with van der Waals surface area (Å²) in [6, 6.07) is 5.42. The highest BCUT2D eigenvalue weighted by Gasteiger charge is 2.29. The molecule has 3 rings (SSSR count). The van der Waals surface area contributed by atoms with Crippen molar-refractivity contribution in [3.05, 3.63) is 36.8 Å².